The van der Waals surface area contributed by atoms with E-state index in [1.54, 1.807) is 11.3 Å². The van der Waals surface area contributed by atoms with Gasteiger partial charge in [-0.05, 0) is 24.4 Å². The number of hydrogen-bond acceptors (Lipinski definition) is 2. The second kappa shape index (κ2) is 4.18. The average molecular weight is 240 g/mol. The van der Waals surface area contributed by atoms with Gasteiger partial charge in [-0.1, -0.05) is 23.8 Å². The lowest BCUT2D eigenvalue weighted by Crippen LogP contribution is -1.81. The fraction of sp³-hybridized carbons (Fsp3) is 0.0714. The number of benzene rings is 1. The zero-order valence-electron chi connectivity index (χ0n) is 9.47. The Kier molecular flexibility index (Phi) is 2.53. The fourth-order valence-corrected chi connectivity index (χ4v) is 2.48. The molecule has 3 aromatic rings. The van der Waals surface area contributed by atoms with E-state index in [0.717, 1.165) is 17.1 Å². The quantitative estimate of drug-likeness (QED) is 0.717. The van der Waals surface area contributed by atoms with Crippen molar-refractivity contribution >= 4 is 11.3 Å². The number of H-pyrrole nitrogens is 1. The molecule has 0 bridgehead atoms. The van der Waals surface area contributed by atoms with Crippen molar-refractivity contribution in [2.24, 2.45) is 0 Å². The standard InChI is InChI=1S/C14H12N2S/c1-10-3-2-4-11(7-10)14-15-8-13(16-14)12-5-6-17-9-12/h2-9H,1H3,(H,15,16). The van der Waals surface area contributed by atoms with Crippen LogP contribution in [0.1, 0.15) is 5.56 Å². The van der Waals surface area contributed by atoms with Gasteiger partial charge in [-0.3, -0.25) is 0 Å². The van der Waals surface area contributed by atoms with Crippen molar-refractivity contribution in [1.82, 2.24) is 9.97 Å². The lowest BCUT2D eigenvalue weighted by Gasteiger charge is -1.98. The molecule has 0 aliphatic heterocycles. The van der Waals surface area contributed by atoms with E-state index < -0.39 is 0 Å². The Morgan fingerprint density at radius 3 is 2.88 bits per heavy atom. The molecule has 0 amide bonds. The summed E-state index contributed by atoms with van der Waals surface area (Å²) in [6.45, 7) is 2.09. The molecule has 2 nitrogen and oxygen atoms in total. The van der Waals surface area contributed by atoms with Gasteiger partial charge < -0.3 is 4.98 Å². The Morgan fingerprint density at radius 2 is 2.12 bits per heavy atom. The third-order valence-corrected chi connectivity index (χ3v) is 3.38. The maximum absolute atomic E-state index is 4.43. The molecular formula is C14H12N2S. The van der Waals surface area contributed by atoms with Crippen LogP contribution in [-0.2, 0) is 0 Å². The molecule has 17 heavy (non-hydrogen) atoms. The minimum Gasteiger partial charge on any atom is -0.338 e. The minimum absolute atomic E-state index is 0.926. The van der Waals surface area contributed by atoms with Crippen molar-refractivity contribution in [2.45, 2.75) is 6.92 Å². The Morgan fingerprint density at radius 1 is 1.18 bits per heavy atom. The summed E-state index contributed by atoms with van der Waals surface area (Å²) in [4.78, 5) is 7.79. The molecule has 2 aromatic heterocycles. The van der Waals surface area contributed by atoms with Gasteiger partial charge in [-0.15, -0.1) is 0 Å². The Bertz CT molecular complexity index is 623. The molecule has 3 rings (SSSR count). The van der Waals surface area contributed by atoms with Crippen LogP contribution < -0.4 is 0 Å². The SMILES string of the molecule is Cc1cccc(-c2ncc(-c3ccsc3)[nH]2)c1. The maximum Gasteiger partial charge on any atom is 0.137 e. The zero-order chi connectivity index (χ0) is 11.7. The fourth-order valence-electron chi connectivity index (χ4n) is 1.82. The summed E-state index contributed by atoms with van der Waals surface area (Å²) in [6.07, 6.45) is 1.89. The summed E-state index contributed by atoms with van der Waals surface area (Å²) in [5.74, 6) is 0.926. The number of imidazole rings is 1. The molecule has 0 saturated heterocycles. The molecule has 3 heteroatoms. The Labute approximate surface area is 104 Å². The van der Waals surface area contributed by atoms with Gasteiger partial charge in [-0.25, -0.2) is 4.98 Å². The molecule has 2 heterocycles. The number of thiophene rings is 1. The van der Waals surface area contributed by atoms with E-state index in [-0.39, 0.29) is 0 Å². The first kappa shape index (κ1) is 10.3. The molecular weight excluding hydrogens is 228 g/mol. The van der Waals surface area contributed by atoms with Crippen LogP contribution in [0.4, 0.5) is 0 Å². The molecule has 0 atom stereocenters. The molecule has 0 fully saturated rings. The van der Waals surface area contributed by atoms with Crippen molar-refractivity contribution in [1.29, 1.82) is 0 Å². The lowest BCUT2D eigenvalue weighted by atomic mass is 10.1. The predicted molar refractivity (Wildman–Crippen MR) is 72.1 cm³/mol. The molecule has 1 N–H and O–H groups in total. The van der Waals surface area contributed by atoms with Crippen LogP contribution in [-0.4, -0.2) is 9.97 Å². The van der Waals surface area contributed by atoms with Crippen LogP contribution in [0, 0.1) is 6.92 Å². The van der Waals surface area contributed by atoms with Crippen LogP contribution >= 0.6 is 11.3 Å². The van der Waals surface area contributed by atoms with E-state index in [1.165, 1.54) is 11.1 Å². The number of aromatic nitrogens is 2. The van der Waals surface area contributed by atoms with E-state index in [9.17, 15) is 0 Å². The minimum atomic E-state index is 0.926. The highest BCUT2D eigenvalue weighted by Crippen LogP contribution is 2.24. The smallest absolute Gasteiger partial charge is 0.137 e. The van der Waals surface area contributed by atoms with Gasteiger partial charge >= 0.3 is 0 Å². The van der Waals surface area contributed by atoms with Crippen molar-refractivity contribution in [3.05, 3.63) is 52.9 Å². The van der Waals surface area contributed by atoms with Gasteiger partial charge in [-0.2, -0.15) is 11.3 Å². The van der Waals surface area contributed by atoms with Gasteiger partial charge in [0.05, 0.1) is 11.9 Å². The highest BCUT2D eigenvalue weighted by molar-refractivity contribution is 7.08. The first-order valence-corrected chi connectivity index (χ1v) is 6.42. The van der Waals surface area contributed by atoms with Gasteiger partial charge in [0.1, 0.15) is 5.82 Å². The van der Waals surface area contributed by atoms with Crippen LogP contribution in [0.25, 0.3) is 22.6 Å². The van der Waals surface area contributed by atoms with Crippen molar-refractivity contribution < 1.29 is 0 Å². The van der Waals surface area contributed by atoms with E-state index in [4.69, 9.17) is 0 Å². The number of nitrogens with zero attached hydrogens (tertiary/aromatic N) is 1. The summed E-state index contributed by atoms with van der Waals surface area (Å²) in [5, 5.41) is 4.19. The van der Waals surface area contributed by atoms with Crippen LogP contribution in [0.3, 0.4) is 0 Å². The molecule has 0 unspecified atom stereocenters. The molecule has 0 aliphatic rings. The number of hydrogen-bond donors (Lipinski definition) is 1. The maximum atomic E-state index is 4.43. The van der Waals surface area contributed by atoms with Crippen molar-refractivity contribution in [2.75, 3.05) is 0 Å². The van der Waals surface area contributed by atoms with Crippen molar-refractivity contribution in [3.8, 4) is 22.6 Å². The Hall–Kier alpha value is -1.87. The van der Waals surface area contributed by atoms with Gasteiger partial charge in [0, 0.05) is 16.5 Å². The second-order valence-corrected chi connectivity index (χ2v) is 4.81. The molecule has 0 radical (unpaired) electrons. The van der Waals surface area contributed by atoms with E-state index in [1.807, 2.05) is 6.20 Å². The molecule has 84 valence electrons. The molecule has 0 aliphatic carbocycles. The number of rotatable bonds is 2. The summed E-state index contributed by atoms with van der Waals surface area (Å²) in [5.41, 5.74) is 4.65. The van der Waals surface area contributed by atoms with E-state index >= 15 is 0 Å². The lowest BCUT2D eigenvalue weighted by molar-refractivity contribution is 1.30. The molecule has 0 spiro atoms. The average Bonchev–Trinajstić information content (AvgIpc) is 3.00. The van der Waals surface area contributed by atoms with Crippen molar-refractivity contribution in [3.63, 3.8) is 0 Å². The third-order valence-electron chi connectivity index (χ3n) is 2.70. The van der Waals surface area contributed by atoms with E-state index in [0.29, 0.717) is 0 Å². The largest absolute Gasteiger partial charge is 0.338 e. The highest BCUT2D eigenvalue weighted by Gasteiger charge is 2.05. The first-order chi connectivity index (χ1) is 8.33. The normalized spacial score (nSPS) is 10.6. The Balaban J connectivity index is 2.01. The number of aryl methyl sites for hydroxylation is 1. The van der Waals surface area contributed by atoms with Crippen LogP contribution in [0.2, 0.25) is 0 Å². The summed E-state index contributed by atoms with van der Waals surface area (Å²) in [7, 11) is 0. The predicted octanol–water partition coefficient (Wildman–Crippen LogP) is 4.11. The topological polar surface area (TPSA) is 28.7 Å². The third kappa shape index (κ3) is 2.01. The van der Waals surface area contributed by atoms with Gasteiger partial charge in [0.2, 0.25) is 0 Å². The summed E-state index contributed by atoms with van der Waals surface area (Å²) >= 11 is 1.69. The number of aromatic amines is 1. The molecule has 1 aromatic carbocycles. The zero-order valence-corrected chi connectivity index (χ0v) is 10.3. The highest BCUT2D eigenvalue weighted by atomic mass is 32.1. The first-order valence-electron chi connectivity index (χ1n) is 5.47. The molecule has 0 saturated carbocycles. The second-order valence-electron chi connectivity index (χ2n) is 4.03. The van der Waals surface area contributed by atoms with Gasteiger partial charge in [0.25, 0.3) is 0 Å². The van der Waals surface area contributed by atoms with E-state index in [2.05, 4.69) is 58.0 Å². The summed E-state index contributed by atoms with van der Waals surface area (Å²) in [6, 6.07) is 10.4. The van der Waals surface area contributed by atoms with Crippen LogP contribution in [0.15, 0.2) is 47.3 Å². The monoisotopic (exact) mass is 240 g/mol. The summed E-state index contributed by atoms with van der Waals surface area (Å²) < 4.78 is 0. The van der Waals surface area contributed by atoms with Gasteiger partial charge in [0.15, 0.2) is 0 Å². The van der Waals surface area contributed by atoms with Crippen LogP contribution in [0.5, 0.6) is 0 Å². The number of nitrogens with one attached hydrogen (secondary N) is 1.